The van der Waals surface area contributed by atoms with Crippen molar-refractivity contribution in [1.82, 2.24) is 5.32 Å². The third kappa shape index (κ3) is 6.72. The van der Waals surface area contributed by atoms with Gasteiger partial charge in [-0.3, -0.25) is 0 Å². The summed E-state index contributed by atoms with van der Waals surface area (Å²) in [6.45, 7) is 11.4. The molecule has 18 heavy (non-hydrogen) atoms. The van der Waals surface area contributed by atoms with Crippen molar-refractivity contribution in [2.45, 2.75) is 71.6 Å². The summed E-state index contributed by atoms with van der Waals surface area (Å²) in [5.41, 5.74) is 0. The second-order valence-corrected chi connectivity index (χ2v) is 5.95. The van der Waals surface area contributed by atoms with Crippen LogP contribution in [0.2, 0.25) is 0 Å². The largest absolute Gasteiger partial charge is 0.378 e. The summed E-state index contributed by atoms with van der Waals surface area (Å²) in [6.07, 6.45) is 5.51. The van der Waals surface area contributed by atoms with Gasteiger partial charge in [-0.15, -0.1) is 0 Å². The minimum atomic E-state index is 0.317. The first-order valence-corrected chi connectivity index (χ1v) is 7.58. The van der Waals surface area contributed by atoms with E-state index in [1.165, 1.54) is 12.8 Å². The molecule has 0 radical (unpaired) electrons. The van der Waals surface area contributed by atoms with Crippen molar-refractivity contribution in [2.24, 2.45) is 5.92 Å². The summed E-state index contributed by atoms with van der Waals surface area (Å²) in [4.78, 5) is 0. The fourth-order valence-electron chi connectivity index (χ4n) is 2.40. The van der Waals surface area contributed by atoms with Crippen LogP contribution in [-0.4, -0.2) is 38.0 Å². The van der Waals surface area contributed by atoms with Gasteiger partial charge in [0.05, 0.1) is 18.8 Å². The zero-order chi connectivity index (χ0) is 13.4. The van der Waals surface area contributed by atoms with Gasteiger partial charge in [0.2, 0.25) is 0 Å². The molecule has 0 saturated carbocycles. The number of nitrogens with one attached hydrogen (secondary N) is 1. The van der Waals surface area contributed by atoms with Crippen LogP contribution >= 0.6 is 0 Å². The number of ether oxygens (including phenoxy) is 2. The molecule has 1 heterocycles. The standard InChI is InChI=1S/C15H31NO2/c1-5-6-13(4)10-17-11-15-8-7-14(18-15)9-16-12(2)3/h12-16H,5-11H2,1-4H3. The smallest absolute Gasteiger partial charge is 0.0813 e. The van der Waals surface area contributed by atoms with Gasteiger partial charge in [0.15, 0.2) is 0 Å². The van der Waals surface area contributed by atoms with E-state index in [1.54, 1.807) is 0 Å². The molecule has 3 heteroatoms. The molecule has 0 bridgehead atoms. The average Bonchev–Trinajstić information content (AvgIpc) is 2.75. The second-order valence-electron chi connectivity index (χ2n) is 5.95. The Morgan fingerprint density at radius 2 is 1.94 bits per heavy atom. The molecular weight excluding hydrogens is 226 g/mol. The molecule has 0 spiro atoms. The van der Waals surface area contributed by atoms with Gasteiger partial charge in [0, 0.05) is 19.2 Å². The fourth-order valence-corrected chi connectivity index (χ4v) is 2.40. The summed E-state index contributed by atoms with van der Waals surface area (Å²) in [5.74, 6) is 0.676. The van der Waals surface area contributed by atoms with E-state index in [0.29, 0.717) is 24.2 Å². The summed E-state index contributed by atoms with van der Waals surface area (Å²) < 4.78 is 11.7. The van der Waals surface area contributed by atoms with Crippen LogP contribution in [0.25, 0.3) is 0 Å². The third-order valence-corrected chi connectivity index (χ3v) is 3.44. The summed E-state index contributed by atoms with van der Waals surface area (Å²) >= 11 is 0. The molecule has 1 fully saturated rings. The van der Waals surface area contributed by atoms with Crippen LogP contribution in [0.1, 0.15) is 53.4 Å². The van der Waals surface area contributed by atoms with Gasteiger partial charge in [0.1, 0.15) is 0 Å². The van der Waals surface area contributed by atoms with Crippen LogP contribution in [0.15, 0.2) is 0 Å². The van der Waals surface area contributed by atoms with Crippen molar-refractivity contribution >= 4 is 0 Å². The van der Waals surface area contributed by atoms with E-state index < -0.39 is 0 Å². The van der Waals surface area contributed by atoms with Crippen molar-refractivity contribution in [2.75, 3.05) is 19.8 Å². The minimum absolute atomic E-state index is 0.317. The van der Waals surface area contributed by atoms with Gasteiger partial charge in [0.25, 0.3) is 0 Å². The Labute approximate surface area is 113 Å². The first-order chi connectivity index (χ1) is 8.61. The summed E-state index contributed by atoms with van der Waals surface area (Å²) in [7, 11) is 0. The van der Waals surface area contributed by atoms with Gasteiger partial charge in [-0.1, -0.05) is 34.1 Å². The van der Waals surface area contributed by atoms with Crippen LogP contribution in [0.5, 0.6) is 0 Å². The molecule has 1 rings (SSSR count). The third-order valence-electron chi connectivity index (χ3n) is 3.44. The van der Waals surface area contributed by atoms with Crippen molar-refractivity contribution in [3.63, 3.8) is 0 Å². The Hall–Kier alpha value is -0.120. The Morgan fingerprint density at radius 3 is 2.61 bits per heavy atom. The SMILES string of the molecule is CCCC(C)COCC1CCC(CNC(C)C)O1. The molecule has 1 N–H and O–H groups in total. The van der Waals surface area contributed by atoms with Crippen molar-refractivity contribution < 1.29 is 9.47 Å². The van der Waals surface area contributed by atoms with Gasteiger partial charge < -0.3 is 14.8 Å². The number of hydrogen-bond acceptors (Lipinski definition) is 3. The lowest BCUT2D eigenvalue weighted by Gasteiger charge is -2.17. The molecule has 108 valence electrons. The van der Waals surface area contributed by atoms with Crippen LogP contribution in [0.4, 0.5) is 0 Å². The minimum Gasteiger partial charge on any atom is -0.378 e. The number of hydrogen-bond donors (Lipinski definition) is 1. The molecule has 3 nitrogen and oxygen atoms in total. The zero-order valence-corrected chi connectivity index (χ0v) is 12.6. The lowest BCUT2D eigenvalue weighted by Crippen LogP contribution is -2.32. The highest BCUT2D eigenvalue weighted by Crippen LogP contribution is 2.20. The highest BCUT2D eigenvalue weighted by Gasteiger charge is 2.25. The fraction of sp³-hybridized carbons (Fsp3) is 1.00. The second kappa shape index (κ2) is 8.89. The first kappa shape index (κ1) is 15.9. The molecule has 1 aliphatic heterocycles. The average molecular weight is 257 g/mol. The Bertz CT molecular complexity index is 209. The predicted octanol–water partition coefficient (Wildman–Crippen LogP) is 2.98. The van der Waals surface area contributed by atoms with E-state index in [1.807, 2.05) is 0 Å². The molecule has 1 aliphatic rings. The zero-order valence-electron chi connectivity index (χ0n) is 12.6. The lowest BCUT2D eigenvalue weighted by molar-refractivity contribution is -0.0217. The number of rotatable bonds is 9. The van der Waals surface area contributed by atoms with Crippen molar-refractivity contribution in [3.8, 4) is 0 Å². The van der Waals surface area contributed by atoms with E-state index >= 15 is 0 Å². The molecule has 0 aromatic heterocycles. The maximum atomic E-state index is 5.97. The topological polar surface area (TPSA) is 30.5 Å². The van der Waals surface area contributed by atoms with E-state index in [0.717, 1.165) is 32.6 Å². The molecule has 1 saturated heterocycles. The molecule has 0 aliphatic carbocycles. The van der Waals surface area contributed by atoms with Gasteiger partial charge in [-0.25, -0.2) is 0 Å². The molecule has 3 atom stereocenters. The summed E-state index contributed by atoms with van der Waals surface area (Å²) in [6, 6.07) is 0.541. The molecule has 0 aromatic carbocycles. The van der Waals surface area contributed by atoms with Crippen LogP contribution in [0, 0.1) is 5.92 Å². The Balaban J connectivity index is 2.04. The molecule has 0 aromatic rings. The van der Waals surface area contributed by atoms with Crippen molar-refractivity contribution in [1.29, 1.82) is 0 Å². The van der Waals surface area contributed by atoms with E-state index in [2.05, 4.69) is 33.0 Å². The molecule has 0 amide bonds. The van der Waals surface area contributed by atoms with Crippen molar-refractivity contribution in [3.05, 3.63) is 0 Å². The highest BCUT2D eigenvalue weighted by atomic mass is 16.5. The summed E-state index contributed by atoms with van der Waals surface area (Å²) in [5, 5.41) is 3.43. The Morgan fingerprint density at radius 1 is 1.22 bits per heavy atom. The quantitative estimate of drug-likeness (QED) is 0.689. The highest BCUT2D eigenvalue weighted by molar-refractivity contribution is 4.75. The van der Waals surface area contributed by atoms with Crippen LogP contribution in [-0.2, 0) is 9.47 Å². The predicted molar refractivity (Wildman–Crippen MR) is 75.9 cm³/mol. The lowest BCUT2D eigenvalue weighted by atomic mass is 10.1. The van der Waals surface area contributed by atoms with E-state index in [4.69, 9.17) is 9.47 Å². The first-order valence-electron chi connectivity index (χ1n) is 7.58. The van der Waals surface area contributed by atoms with Gasteiger partial charge in [-0.05, 0) is 25.2 Å². The van der Waals surface area contributed by atoms with Crippen LogP contribution < -0.4 is 5.32 Å². The molecular formula is C15H31NO2. The molecule has 3 unspecified atom stereocenters. The monoisotopic (exact) mass is 257 g/mol. The van der Waals surface area contributed by atoms with Crippen LogP contribution in [0.3, 0.4) is 0 Å². The van der Waals surface area contributed by atoms with E-state index in [-0.39, 0.29) is 0 Å². The van der Waals surface area contributed by atoms with Gasteiger partial charge in [-0.2, -0.15) is 0 Å². The maximum absolute atomic E-state index is 5.97. The Kier molecular flexibility index (Phi) is 7.87. The van der Waals surface area contributed by atoms with Gasteiger partial charge >= 0.3 is 0 Å². The maximum Gasteiger partial charge on any atom is 0.0813 e. The van der Waals surface area contributed by atoms with E-state index in [9.17, 15) is 0 Å². The normalized spacial score (nSPS) is 25.8.